The number of aromatic hydroxyl groups is 2. The molecule has 2 aromatic carbocycles. The molecular formula is C13H11IO2. The lowest BCUT2D eigenvalue weighted by atomic mass is 10.0. The zero-order valence-corrected chi connectivity index (χ0v) is 10.9. The van der Waals surface area contributed by atoms with Gasteiger partial charge < -0.3 is 10.2 Å². The first kappa shape index (κ1) is 11.3. The topological polar surface area (TPSA) is 40.5 Å². The Morgan fingerprint density at radius 3 is 2.12 bits per heavy atom. The smallest absolute Gasteiger partial charge is 0.122 e. The van der Waals surface area contributed by atoms with E-state index in [-0.39, 0.29) is 11.5 Å². The number of hydrogen-bond donors (Lipinski definition) is 2. The fourth-order valence-electron chi connectivity index (χ4n) is 1.53. The van der Waals surface area contributed by atoms with Crippen molar-refractivity contribution in [1.82, 2.24) is 0 Å². The molecule has 0 aromatic heterocycles. The van der Waals surface area contributed by atoms with Gasteiger partial charge in [0, 0.05) is 9.13 Å². The number of phenolic OH excluding ortho intramolecular Hbond substituents is 2. The zero-order chi connectivity index (χ0) is 11.7. The Morgan fingerprint density at radius 2 is 1.56 bits per heavy atom. The molecule has 0 fully saturated rings. The van der Waals surface area contributed by atoms with Crippen molar-refractivity contribution in [1.29, 1.82) is 0 Å². The van der Waals surface area contributed by atoms with Crippen LogP contribution in [0.15, 0.2) is 36.4 Å². The molecule has 0 spiro atoms. The number of rotatable bonds is 1. The number of phenols is 2. The van der Waals surface area contributed by atoms with Crippen molar-refractivity contribution in [3.05, 3.63) is 45.5 Å². The van der Waals surface area contributed by atoms with Crippen molar-refractivity contribution in [2.45, 2.75) is 6.92 Å². The molecule has 0 saturated heterocycles. The van der Waals surface area contributed by atoms with Crippen LogP contribution in [0.5, 0.6) is 11.5 Å². The predicted molar refractivity (Wildman–Crippen MR) is 72.7 cm³/mol. The van der Waals surface area contributed by atoms with Gasteiger partial charge in [-0.3, -0.25) is 0 Å². The van der Waals surface area contributed by atoms with Gasteiger partial charge in [0.2, 0.25) is 0 Å². The minimum Gasteiger partial charge on any atom is -0.508 e. The fraction of sp³-hybridized carbons (Fsp3) is 0.0769. The molecule has 0 radical (unpaired) electrons. The van der Waals surface area contributed by atoms with Gasteiger partial charge in [-0.2, -0.15) is 0 Å². The summed E-state index contributed by atoms with van der Waals surface area (Å²) in [6.07, 6.45) is 0. The van der Waals surface area contributed by atoms with Crippen LogP contribution in [0.3, 0.4) is 0 Å². The summed E-state index contributed by atoms with van der Waals surface area (Å²) in [5.41, 5.74) is 2.34. The van der Waals surface area contributed by atoms with Gasteiger partial charge in [0.15, 0.2) is 0 Å². The van der Waals surface area contributed by atoms with Gasteiger partial charge >= 0.3 is 0 Å². The summed E-state index contributed by atoms with van der Waals surface area (Å²) in [6, 6.07) is 11.2. The Labute approximate surface area is 108 Å². The van der Waals surface area contributed by atoms with Crippen LogP contribution in [0.2, 0.25) is 0 Å². The maximum Gasteiger partial charge on any atom is 0.122 e. The molecule has 2 aromatic rings. The second-order valence-corrected chi connectivity index (χ2v) is 4.78. The van der Waals surface area contributed by atoms with E-state index in [0.29, 0.717) is 5.56 Å². The standard InChI is InChI=1S/C13H11IO2/c1-8-12(15)6-9(7-13(8)16)10-4-2-3-5-11(10)14/h2-7,15-16H,1H3. The van der Waals surface area contributed by atoms with Crippen molar-refractivity contribution in [2.75, 3.05) is 0 Å². The highest BCUT2D eigenvalue weighted by atomic mass is 127. The van der Waals surface area contributed by atoms with Gasteiger partial charge in [0.25, 0.3) is 0 Å². The second-order valence-electron chi connectivity index (χ2n) is 3.62. The third kappa shape index (κ3) is 2.00. The van der Waals surface area contributed by atoms with E-state index in [1.807, 2.05) is 24.3 Å². The van der Waals surface area contributed by atoms with Gasteiger partial charge in [-0.1, -0.05) is 18.2 Å². The molecule has 2 rings (SSSR count). The molecule has 0 heterocycles. The number of hydrogen-bond acceptors (Lipinski definition) is 2. The van der Waals surface area contributed by atoms with E-state index in [0.717, 1.165) is 14.7 Å². The van der Waals surface area contributed by atoms with Crippen molar-refractivity contribution in [2.24, 2.45) is 0 Å². The Hall–Kier alpha value is -1.23. The maximum absolute atomic E-state index is 9.67. The van der Waals surface area contributed by atoms with E-state index in [1.165, 1.54) is 0 Å². The monoisotopic (exact) mass is 326 g/mol. The van der Waals surface area contributed by atoms with E-state index in [4.69, 9.17) is 0 Å². The van der Waals surface area contributed by atoms with Gasteiger partial charge in [-0.25, -0.2) is 0 Å². The van der Waals surface area contributed by atoms with Gasteiger partial charge in [-0.15, -0.1) is 0 Å². The molecule has 0 saturated carbocycles. The molecule has 2 N–H and O–H groups in total. The average Bonchev–Trinajstić information content (AvgIpc) is 2.26. The first-order valence-electron chi connectivity index (χ1n) is 4.87. The number of halogens is 1. The Kier molecular flexibility index (Phi) is 3.05. The molecule has 16 heavy (non-hydrogen) atoms. The van der Waals surface area contributed by atoms with Gasteiger partial charge in [0.1, 0.15) is 11.5 Å². The quantitative estimate of drug-likeness (QED) is 0.785. The largest absolute Gasteiger partial charge is 0.508 e. The van der Waals surface area contributed by atoms with Gasteiger partial charge in [0.05, 0.1) is 0 Å². The van der Waals surface area contributed by atoms with E-state index in [9.17, 15) is 10.2 Å². The predicted octanol–water partition coefficient (Wildman–Crippen LogP) is 3.68. The molecule has 0 unspecified atom stereocenters. The third-order valence-electron chi connectivity index (χ3n) is 2.54. The molecule has 2 nitrogen and oxygen atoms in total. The highest BCUT2D eigenvalue weighted by Crippen LogP contribution is 2.34. The van der Waals surface area contributed by atoms with Gasteiger partial charge in [-0.05, 0) is 58.8 Å². The summed E-state index contributed by atoms with van der Waals surface area (Å²) in [5.74, 6) is 0.240. The molecule has 0 aliphatic heterocycles. The van der Waals surface area contributed by atoms with Crippen LogP contribution in [0, 0.1) is 10.5 Å². The summed E-state index contributed by atoms with van der Waals surface area (Å²) in [4.78, 5) is 0. The first-order chi connectivity index (χ1) is 7.59. The minimum absolute atomic E-state index is 0.120. The SMILES string of the molecule is Cc1c(O)cc(-c2ccccc2I)cc1O. The first-order valence-corrected chi connectivity index (χ1v) is 5.95. The zero-order valence-electron chi connectivity index (χ0n) is 8.74. The molecule has 0 atom stereocenters. The van der Waals surface area contributed by atoms with E-state index < -0.39 is 0 Å². The molecular weight excluding hydrogens is 315 g/mol. The summed E-state index contributed by atoms with van der Waals surface area (Å²) >= 11 is 2.23. The van der Waals surface area contributed by atoms with Crippen LogP contribution in [-0.4, -0.2) is 10.2 Å². The van der Waals surface area contributed by atoms with E-state index in [1.54, 1.807) is 19.1 Å². The summed E-state index contributed by atoms with van der Waals surface area (Å²) < 4.78 is 1.09. The summed E-state index contributed by atoms with van der Waals surface area (Å²) in [6.45, 7) is 1.68. The molecule has 0 aliphatic carbocycles. The summed E-state index contributed by atoms with van der Waals surface area (Å²) in [5, 5.41) is 19.3. The molecule has 82 valence electrons. The highest BCUT2D eigenvalue weighted by Gasteiger charge is 2.08. The van der Waals surface area contributed by atoms with E-state index in [2.05, 4.69) is 22.6 Å². The van der Waals surface area contributed by atoms with Crippen LogP contribution >= 0.6 is 22.6 Å². The van der Waals surface area contributed by atoms with Crippen LogP contribution in [-0.2, 0) is 0 Å². The van der Waals surface area contributed by atoms with Crippen molar-refractivity contribution < 1.29 is 10.2 Å². The lowest BCUT2D eigenvalue weighted by molar-refractivity contribution is 0.443. The van der Waals surface area contributed by atoms with Crippen LogP contribution < -0.4 is 0 Å². The minimum atomic E-state index is 0.120. The molecule has 0 bridgehead atoms. The molecule has 0 aliphatic rings. The van der Waals surface area contributed by atoms with Crippen molar-refractivity contribution in [3.8, 4) is 22.6 Å². The Bertz CT molecular complexity index is 512. The number of benzene rings is 2. The molecule has 3 heteroatoms. The Balaban J connectivity index is 2.62. The fourth-order valence-corrected chi connectivity index (χ4v) is 2.23. The summed E-state index contributed by atoms with van der Waals surface area (Å²) in [7, 11) is 0. The van der Waals surface area contributed by atoms with Crippen molar-refractivity contribution >= 4 is 22.6 Å². The van der Waals surface area contributed by atoms with Crippen molar-refractivity contribution in [3.63, 3.8) is 0 Å². The second kappa shape index (κ2) is 4.33. The average molecular weight is 326 g/mol. The van der Waals surface area contributed by atoms with Crippen LogP contribution in [0.4, 0.5) is 0 Å². The van der Waals surface area contributed by atoms with E-state index >= 15 is 0 Å². The third-order valence-corrected chi connectivity index (χ3v) is 3.48. The lowest BCUT2D eigenvalue weighted by Gasteiger charge is -2.08. The highest BCUT2D eigenvalue weighted by molar-refractivity contribution is 14.1. The van der Waals surface area contributed by atoms with Crippen LogP contribution in [0.25, 0.3) is 11.1 Å². The molecule has 0 amide bonds. The van der Waals surface area contributed by atoms with Crippen LogP contribution in [0.1, 0.15) is 5.56 Å². The maximum atomic E-state index is 9.67. The lowest BCUT2D eigenvalue weighted by Crippen LogP contribution is -1.84. The normalized spacial score (nSPS) is 10.4. The Morgan fingerprint density at radius 1 is 1.00 bits per heavy atom.